The lowest BCUT2D eigenvalue weighted by atomic mass is 10.1. The van der Waals surface area contributed by atoms with Gasteiger partial charge in [-0.2, -0.15) is 0 Å². The Kier molecular flexibility index (Phi) is 4.23. The fraction of sp³-hybridized carbons (Fsp3) is 0.588. The summed E-state index contributed by atoms with van der Waals surface area (Å²) in [7, 11) is 2.20. The van der Waals surface area contributed by atoms with Crippen molar-refractivity contribution in [2.24, 2.45) is 0 Å². The molecule has 0 aliphatic heterocycles. The average Bonchev–Trinajstić information content (AvgIpc) is 3.07. The minimum atomic E-state index is 0.276. The summed E-state index contributed by atoms with van der Waals surface area (Å²) >= 11 is 6.37. The third-order valence-electron chi connectivity index (χ3n) is 4.39. The normalized spacial score (nSPS) is 16.7. The molecule has 0 spiro atoms. The van der Waals surface area contributed by atoms with Crippen LogP contribution < -0.4 is 0 Å². The van der Waals surface area contributed by atoms with Gasteiger partial charge < -0.3 is 4.42 Å². The van der Waals surface area contributed by atoms with Crippen molar-refractivity contribution in [2.45, 2.75) is 58.0 Å². The summed E-state index contributed by atoms with van der Waals surface area (Å²) in [5.74, 6) is 1.03. The number of aromatic nitrogens is 1. The maximum Gasteiger partial charge on any atom is 0.198 e. The lowest BCUT2D eigenvalue weighted by molar-refractivity contribution is 0.237. The molecule has 2 aromatic rings. The molecular formula is C17H23ClN2O. The molecule has 0 N–H and O–H groups in total. The Hall–Kier alpha value is -1.06. The molecule has 1 aliphatic carbocycles. The Morgan fingerprint density at radius 2 is 2.05 bits per heavy atom. The standard InChI is InChI=1S/C17H23ClN2O/c1-11(2)17-19-15-9-12(8-14(18)16(15)21-17)10-20(3)13-6-4-5-7-13/h8-9,11,13H,4-7,10H2,1-3H3. The number of halogens is 1. The van der Waals surface area contributed by atoms with Crippen LogP contribution >= 0.6 is 11.6 Å². The Labute approximate surface area is 131 Å². The van der Waals surface area contributed by atoms with Crippen molar-refractivity contribution in [2.75, 3.05) is 7.05 Å². The fourth-order valence-electron chi connectivity index (χ4n) is 3.16. The summed E-state index contributed by atoms with van der Waals surface area (Å²) < 4.78 is 5.76. The van der Waals surface area contributed by atoms with E-state index in [0.29, 0.717) is 16.6 Å². The highest BCUT2D eigenvalue weighted by atomic mass is 35.5. The number of hydrogen-bond donors (Lipinski definition) is 0. The SMILES string of the molecule is CC(C)c1nc2cc(CN(C)C3CCCC3)cc(Cl)c2o1. The van der Waals surface area contributed by atoms with E-state index in [0.717, 1.165) is 18.0 Å². The zero-order valence-electron chi connectivity index (χ0n) is 13.0. The molecule has 3 nitrogen and oxygen atoms in total. The molecule has 0 radical (unpaired) electrons. The third kappa shape index (κ3) is 3.09. The van der Waals surface area contributed by atoms with E-state index in [-0.39, 0.29) is 5.92 Å². The molecule has 1 aromatic carbocycles. The van der Waals surface area contributed by atoms with E-state index >= 15 is 0 Å². The average molecular weight is 307 g/mol. The van der Waals surface area contributed by atoms with Crippen LogP contribution in [0.25, 0.3) is 11.1 Å². The van der Waals surface area contributed by atoms with Crippen LogP contribution in [0.2, 0.25) is 5.02 Å². The summed E-state index contributed by atoms with van der Waals surface area (Å²) in [5.41, 5.74) is 2.80. The van der Waals surface area contributed by atoms with Gasteiger partial charge in [-0.3, -0.25) is 4.90 Å². The molecule has 3 rings (SSSR count). The van der Waals surface area contributed by atoms with Gasteiger partial charge in [0, 0.05) is 18.5 Å². The van der Waals surface area contributed by atoms with Gasteiger partial charge in [0.15, 0.2) is 11.5 Å². The minimum Gasteiger partial charge on any atom is -0.439 e. The number of benzene rings is 1. The van der Waals surface area contributed by atoms with Crippen LogP contribution in [0.15, 0.2) is 16.5 Å². The zero-order valence-corrected chi connectivity index (χ0v) is 13.8. The lowest BCUT2D eigenvalue weighted by Gasteiger charge is -2.24. The van der Waals surface area contributed by atoms with Crippen LogP contribution in [0, 0.1) is 0 Å². The van der Waals surface area contributed by atoms with E-state index in [9.17, 15) is 0 Å². The van der Waals surface area contributed by atoms with Gasteiger partial charge in [-0.1, -0.05) is 38.3 Å². The minimum absolute atomic E-state index is 0.276. The van der Waals surface area contributed by atoms with Crippen molar-refractivity contribution >= 4 is 22.7 Å². The lowest BCUT2D eigenvalue weighted by Crippen LogP contribution is -2.28. The van der Waals surface area contributed by atoms with Crippen LogP contribution in [0.4, 0.5) is 0 Å². The number of hydrogen-bond acceptors (Lipinski definition) is 3. The van der Waals surface area contributed by atoms with Gasteiger partial charge in [-0.25, -0.2) is 4.98 Å². The van der Waals surface area contributed by atoms with Gasteiger partial charge in [0.2, 0.25) is 0 Å². The Morgan fingerprint density at radius 3 is 2.71 bits per heavy atom. The largest absolute Gasteiger partial charge is 0.439 e. The van der Waals surface area contributed by atoms with E-state index in [2.05, 4.69) is 36.8 Å². The molecule has 21 heavy (non-hydrogen) atoms. The molecule has 0 atom stereocenters. The quantitative estimate of drug-likeness (QED) is 0.798. The second kappa shape index (κ2) is 5.98. The molecule has 1 heterocycles. The molecule has 1 saturated carbocycles. The number of oxazole rings is 1. The Balaban J connectivity index is 1.85. The summed E-state index contributed by atoms with van der Waals surface area (Å²) in [6, 6.07) is 4.84. The number of fused-ring (bicyclic) bond motifs is 1. The van der Waals surface area contributed by atoms with Crippen LogP contribution in [0.5, 0.6) is 0 Å². The highest BCUT2D eigenvalue weighted by Gasteiger charge is 2.20. The van der Waals surface area contributed by atoms with E-state index < -0.39 is 0 Å². The molecule has 0 unspecified atom stereocenters. The van der Waals surface area contributed by atoms with Crippen molar-refractivity contribution < 1.29 is 4.42 Å². The van der Waals surface area contributed by atoms with Crippen LogP contribution in [0.3, 0.4) is 0 Å². The smallest absolute Gasteiger partial charge is 0.198 e. The predicted octanol–water partition coefficient (Wildman–Crippen LogP) is 4.98. The molecule has 0 bridgehead atoms. The van der Waals surface area contributed by atoms with Crippen LogP contribution in [-0.2, 0) is 6.54 Å². The van der Waals surface area contributed by atoms with Crippen LogP contribution in [-0.4, -0.2) is 23.0 Å². The van der Waals surface area contributed by atoms with Gasteiger partial charge in [-0.15, -0.1) is 0 Å². The third-order valence-corrected chi connectivity index (χ3v) is 4.68. The monoisotopic (exact) mass is 306 g/mol. The summed E-state index contributed by atoms with van der Waals surface area (Å²) in [6.45, 7) is 5.07. The van der Waals surface area contributed by atoms with Gasteiger partial charge >= 0.3 is 0 Å². The Bertz CT molecular complexity index is 629. The molecule has 0 saturated heterocycles. The molecule has 1 aromatic heterocycles. The van der Waals surface area contributed by atoms with Crippen molar-refractivity contribution in [1.29, 1.82) is 0 Å². The second-order valence-corrected chi connectivity index (χ2v) is 6.89. The van der Waals surface area contributed by atoms with Crippen molar-refractivity contribution in [1.82, 2.24) is 9.88 Å². The predicted molar refractivity (Wildman–Crippen MR) is 86.8 cm³/mol. The molecule has 114 valence electrons. The first kappa shape index (κ1) is 14.9. The first-order valence-electron chi connectivity index (χ1n) is 7.83. The van der Waals surface area contributed by atoms with E-state index in [1.54, 1.807) is 0 Å². The summed E-state index contributed by atoms with van der Waals surface area (Å²) in [5, 5.41) is 0.668. The highest BCUT2D eigenvalue weighted by Crippen LogP contribution is 2.30. The van der Waals surface area contributed by atoms with Gasteiger partial charge in [0.05, 0.1) is 5.02 Å². The molecule has 0 amide bonds. The summed E-state index contributed by atoms with van der Waals surface area (Å²) in [4.78, 5) is 7.01. The zero-order chi connectivity index (χ0) is 15.0. The Morgan fingerprint density at radius 1 is 1.33 bits per heavy atom. The van der Waals surface area contributed by atoms with Gasteiger partial charge in [0.1, 0.15) is 5.52 Å². The second-order valence-electron chi connectivity index (χ2n) is 6.49. The van der Waals surface area contributed by atoms with Gasteiger partial charge in [0.25, 0.3) is 0 Å². The van der Waals surface area contributed by atoms with Crippen molar-refractivity contribution in [3.63, 3.8) is 0 Å². The maximum atomic E-state index is 6.37. The van der Waals surface area contributed by atoms with Crippen LogP contribution in [0.1, 0.15) is 56.9 Å². The first-order chi connectivity index (χ1) is 10.0. The molecule has 1 fully saturated rings. The molecule has 1 aliphatic rings. The number of nitrogens with zero attached hydrogens (tertiary/aromatic N) is 2. The van der Waals surface area contributed by atoms with Crippen molar-refractivity contribution in [3.05, 3.63) is 28.6 Å². The van der Waals surface area contributed by atoms with E-state index in [1.165, 1.54) is 31.2 Å². The summed E-state index contributed by atoms with van der Waals surface area (Å²) in [6.07, 6.45) is 5.34. The molecule has 4 heteroatoms. The van der Waals surface area contributed by atoms with E-state index in [1.807, 2.05) is 6.07 Å². The van der Waals surface area contributed by atoms with Crippen molar-refractivity contribution in [3.8, 4) is 0 Å². The highest BCUT2D eigenvalue weighted by molar-refractivity contribution is 6.34. The maximum absolute atomic E-state index is 6.37. The van der Waals surface area contributed by atoms with E-state index in [4.69, 9.17) is 16.0 Å². The number of rotatable bonds is 4. The molecular weight excluding hydrogens is 284 g/mol. The van der Waals surface area contributed by atoms with Gasteiger partial charge in [-0.05, 0) is 37.6 Å². The first-order valence-corrected chi connectivity index (χ1v) is 8.21. The fourth-order valence-corrected chi connectivity index (χ4v) is 3.44. The topological polar surface area (TPSA) is 29.3 Å².